The van der Waals surface area contributed by atoms with Crippen molar-refractivity contribution in [2.75, 3.05) is 24.7 Å². The Hall–Kier alpha value is -7.47. The molecule has 2 aliphatic heterocycles. The van der Waals surface area contributed by atoms with Gasteiger partial charge < -0.3 is 68.1 Å². The maximum absolute atomic E-state index is 13.6. The van der Waals surface area contributed by atoms with E-state index in [1.54, 1.807) is 0 Å². The number of carbonyl (C=O) groups is 2. The van der Waals surface area contributed by atoms with Gasteiger partial charge >= 0.3 is 35.4 Å². The van der Waals surface area contributed by atoms with Crippen LogP contribution in [0, 0.1) is 50.7 Å². The molecule has 0 unspecified atom stereocenters. The fraction of sp³-hybridized carbons (Fsp3) is 0.389. The van der Waals surface area contributed by atoms with Crippen molar-refractivity contribution in [2.45, 2.75) is 75.8 Å². The number of carbonyl (C=O) groups excluding carboxylic acids is 2. The molecule has 8 rings (SSSR count). The summed E-state index contributed by atoms with van der Waals surface area (Å²) in [5.74, 6) is 3.11. The van der Waals surface area contributed by atoms with Gasteiger partial charge in [0.05, 0.1) is 19.3 Å². The first-order chi connectivity index (χ1) is 30.8. The second-order valence-corrected chi connectivity index (χ2v) is 13.8. The van der Waals surface area contributed by atoms with Crippen LogP contribution in [-0.2, 0) is 36.9 Å². The van der Waals surface area contributed by atoms with E-state index in [4.69, 9.17) is 59.3 Å². The van der Waals surface area contributed by atoms with E-state index in [9.17, 15) is 43.3 Å². The Morgan fingerprint density at radius 3 is 1.65 bits per heavy atom. The molecule has 0 saturated carbocycles. The van der Waals surface area contributed by atoms with Crippen molar-refractivity contribution in [2.24, 2.45) is 0 Å². The van der Waals surface area contributed by atoms with E-state index in [0.717, 1.165) is 0 Å². The molecule has 29 heteroatoms. The number of nitrogen functional groups attached to an aromatic ring is 2. The molecular weight excluding hydrogens is 902 g/mol. The van der Waals surface area contributed by atoms with E-state index in [1.807, 2.05) is 0 Å². The minimum Gasteiger partial charge on any atom is -0.445 e. The van der Waals surface area contributed by atoms with Crippen LogP contribution in [0.15, 0.2) is 39.9 Å². The number of halogens is 3. The molecule has 6 aromatic rings. The number of anilines is 2. The Bertz CT molecular complexity index is 2940. The molecule has 2 saturated heterocycles. The van der Waals surface area contributed by atoms with Crippen molar-refractivity contribution in [3.05, 3.63) is 69.1 Å². The van der Waals surface area contributed by atoms with E-state index >= 15 is 0 Å². The maximum Gasteiger partial charge on any atom is 0.519 e. The van der Waals surface area contributed by atoms with Gasteiger partial charge in [0.1, 0.15) is 31.3 Å². The lowest BCUT2D eigenvalue weighted by Crippen LogP contribution is -2.43. The summed E-state index contributed by atoms with van der Waals surface area (Å²) in [6.45, 7) is 1.25. The summed E-state index contributed by atoms with van der Waals surface area (Å²) in [6, 6.07) is 0. The largest absolute Gasteiger partial charge is 0.519 e. The SMILES string of the molecule is C#C[C@]1(CO)O[C@@H](n2cnc3c(N)nc(F)nc32)C[C@@H]1O.C#C[C@]1(COC(=O)OCc2oc(=O)oc2C)O[C@@H](n2cnc3c(N)nc(F)nc32)C[C@@H]1O.Cc1oc(=O)oc1COC(=O)Cl. The van der Waals surface area contributed by atoms with Gasteiger partial charge in [0.2, 0.25) is 0 Å². The summed E-state index contributed by atoms with van der Waals surface area (Å²) in [6.07, 6.45) is 6.35. The fourth-order valence-electron chi connectivity index (χ4n) is 6.17. The molecule has 0 aliphatic carbocycles. The molecule has 6 aromatic heterocycles. The van der Waals surface area contributed by atoms with Crippen molar-refractivity contribution in [1.29, 1.82) is 0 Å². The van der Waals surface area contributed by atoms with Gasteiger partial charge in [-0.3, -0.25) is 9.13 Å². The van der Waals surface area contributed by atoms with Gasteiger partial charge in [-0.05, 0) is 13.8 Å². The molecule has 6 atom stereocenters. The molecule has 8 heterocycles. The lowest BCUT2D eigenvalue weighted by Gasteiger charge is -2.25. The number of aryl methyl sites for hydroxylation is 2. The first kappa shape index (κ1) is 47.0. The molecule has 2 fully saturated rings. The Kier molecular flexibility index (Phi) is 13.8. The van der Waals surface area contributed by atoms with Crippen LogP contribution in [0.25, 0.3) is 22.3 Å². The molecule has 7 N–H and O–H groups in total. The molecule has 344 valence electrons. The zero-order valence-corrected chi connectivity index (χ0v) is 34.1. The third kappa shape index (κ3) is 10.0. The number of hydrogen-bond donors (Lipinski definition) is 5. The average molecular weight is 935 g/mol. The van der Waals surface area contributed by atoms with Crippen LogP contribution in [0.5, 0.6) is 0 Å². The van der Waals surface area contributed by atoms with E-state index < -0.39 is 91.1 Å². The van der Waals surface area contributed by atoms with Crippen LogP contribution in [-0.4, -0.2) is 103 Å². The summed E-state index contributed by atoms with van der Waals surface area (Å²) in [4.78, 5) is 65.6. The number of aromatic nitrogens is 8. The highest BCUT2D eigenvalue weighted by Crippen LogP contribution is 2.39. The van der Waals surface area contributed by atoms with Gasteiger partial charge in [0.25, 0.3) is 0 Å². The predicted molar refractivity (Wildman–Crippen MR) is 207 cm³/mol. The normalized spacial score (nSPS) is 22.3. The predicted octanol–water partition coefficient (Wildman–Crippen LogP) is 1.02. The number of aliphatic hydroxyl groups is 3. The molecule has 2 aliphatic rings. The first-order valence-corrected chi connectivity index (χ1v) is 18.6. The second kappa shape index (κ2) is 19.1. The zero-order valence-electron chi connectivity index (χ0n) is 33.4. The average Bonchev–Trinajstić information content (AvgIpc) is 4.11. The van der Waals surface area contributed by atoms with Gasteiger partial charge in [-0.2, -0.15) is 28.7 Å². The quantitative estimate of drug-likeness (QED) is 0.0584. The number of rotatable bonds is 9. The van der Waals surface area contributed by atoms with E-state index in [0.29, 0.717) is 0 Å². The van der Waals surface area contributed by atoms with Crippen molar-refractivity contribution in [1.82, 2.24) is 39.0 Å². The third-order valence-electron chi connectivity index (χ3n) is 9.52. The number of aliphatic hydroxyl groups excluding tert-OH is 3. The Labute approximate surface area is 365 Å². The standard InChI is InChI=1S/C18H16FN5O8.C12H12FN5O3.C6H5ClO5/c1-3-18(6-29-16(26)28-5-9-8(2)30-17(27)31-9)10(25)4-11(32-18)24-7-21-12-13(20)22-15(19)23-14(12)24;1-2-12(4-19)6(20)3-7(21-12)18-5-15-8-9(14)16-11(13)17-10(8)18;1-3-4(2-10-5(7)8)12-6(9)11-3/h1,7,10-11,25H,4-6H2,2H3,(H2,20,22,23);1,5-7,19-20H,3-4H2,(H2,14,16,17);2H2,1H3/t10-,11+,18+;6-,7+,12+;/m00./s1. The van der Waals surface area contributed by atoms with E-state index in [1.165, 1.54) is 35.6 Å². The minimum atomic E-state index is -1.73. The van der Waals surface area contributed by atoms with Crippen LogP contribution in [0.3, 0.4) is 0 Å². The first-order valence-electron chi connectivity index (χ1n) is 18.2. The van der Waals surface area contributed by atoms with Crippen LogP contribution >= 0.6 is 11.6 Å². The number of ether oxygens (including phenoxy) is 5. The van der Waals surface area contributed by atoms with Crippen LogP contribution in [0.4, 0.5) is 30.0 Å². The molecule has 65 heavy (non-hydrogen) atoms. The summed E-state index contributed by atoms with van der Waals surface area (Å²) >= 11 is 4.88. The molecule has 0 aromatic carbocycles. The highest BCUT2D eigenvalue weighted by molar-refractivity contribution is 6.61. The highest BCUT2D eigenvalue weighted by Gasteiger charge is 2.50. The lowest BCUT2D eigenvalue weighted by atomic mass is 9.99. The van der Waals surface area contributed by atoms with E-state index in [-0.39, 0.29) is 76.5 Å². The zero-order chi connectivity index (χ0) is 47.4. The number of fused-ring (bicyclic) bond motifs is 2. The number of hydrogen-bond acceptors (Lipinski definition) is 24. The molecule has 0 amide bonds. The Balaban J connectivity index is 0.000000181. The molecule has 26 nitrogen and oxygen atoms in total. The summed E-state index contributed by atoms with van der Waals surface area (Å²) < 4.78 is 73.5. The van der Waals surface area contributed by atoms with Gasteiger partial charge in [0.15, 0.2) is 81.4 Å². The van der Waals surface area contributed by atoms with Crippen molar-refractivity contribution < 1.29 is 75.0 Å². The van der Waals surface area contributed by atoms with Crippen molar-refractivity contribution >= 4 is 57.1 Å². The van der Waals surface area contributed by atoms with Gasteiger partial charge in [-0.15, -0.1) is 12.8 Å². The second-order valence-electron chi connectivity index (χ2n) is 13.5. The smallest absolute Gasteiger partial charge is 0.445 e. The summed E-state index contributed by atoms with van der Waals surface area (Å²) in [5, 5.41) is 29.9. The maximum atomic E-state index is 13.6. The van der Waals surface area contributed by atoms with Gasteiger partial charge in [-0.1, -0.05) is 11.8 Å². The Morgan fingerprint density at radius 1 is 0.800 bits per heavy atom. The number of imidazole rings is 2. The van der Waals surface area contributed by atoms with Crippen LogP contribution in [0.2, 0.25) is 0 Å². The lowest BCUT2D eigenvalue weighted by molar-refractivity contribution is -0.0987. The van der Waals surface area contributed by atoms with E-state index in [2.05, 4.69) is 59.7 Å². The molecule has 0 bridgehead atoms. The van der Waals surface area contributed by atoms with Gasteiger partial charge in [-0.25, -0.2) is 29.1 Å². The third-order valence-corrected chi connectivity index (χ3v) is 9.63. The molecular formula is C36H33ClF2N10O16. The number of nitrogens with two attached hydrogens (primary N) is 2. The minimum absolute atomic E-state index is 0.0105. The van der Waals surface area contributed by atoms with Crippen LogP contribution in [0.1, 0.15) is 48.3 Å². The topological polar surface area (TPSA) is 367 Å². The van der Waals surface area contributed by atoms with Crippen LogP contribution < -0.4 is 23.1 Å². The highest BCUT2D eigenvalue weighted by atomic mass is 35.5. The molecule has 0 spiro atoms. The monoisotopic (exact) mass is 934 g/mol. The van der Waals surface area contributed by atoms with Crippen molar-refractivity contribution in [3.8, 4) is 24.7 Å². The Morgan fingerprint density at radius 2 is 1.25 bits per heavy atom. The number of terminal acetylenes is 2. The fourth-order valence-corrected chi connectivity index (χ4v) is 6.23. The van der Waals surface area contributed by atoms with Gasteiger partial charge in [0, 0.05) is 24.4 Å². The summed E-state index contributed by atoms with van der Waals surface area (Å²) in [7, 11) is 0. The van der Waals surface area contributed by atoms with Crippen molar-refractivity contribution in [3.63, 3.8) is 0 Å². The summed E-state index contributed by atoms with van der Waals surface area (Å²) in [5.41, 5.74) is 7.56. The number of nitrogens with zero attached hydrogens (tertiary/aromatic N) is 8. The molecule has 0 radical (unpaired) electrons.